The van der Waals surface area contributed by atoms with Crippen LogP contribution in [0.2, 0.25) is 0 Å². The minimum absolute atomic E-state index is 0.0362. The highest BCUT2D eigenvalue weighted by molar-refractivity contribution is 5.77. The lowest BCUT2D eigenvalue weighted by Gasteiger charge is -2.40. The van der Waals surface area contributed by atoms with Crippen molar-refractivity contribution in [2.75, 3.05) is 26.2 Å². The smallest absolute Gasteiger partial charge is 0.313 e. The zero-order valence-electron chi connectivity index (χ0n) is 13.8. The van der Waals surface area contributed by atoms with E-state index in [4.69, 9.17) is 4.74 Å². The van der Waals surface area contributed by atoms with Crippen LogP contribution in [-0.2, 0) is 9.53 Å². The number of nitrogens with zero attached hydrogens (tertiary/aromatic N) is 1. The number of allylic oxidation sites excluding steroid dienone is 1. The lowest BCUT2D eigenvalue weighted by atomic mass is 9.77. The molecule has 2 rings (SSSR count). The van der Waals surface area contributed by atoms with Crippen molar-refractivity contribution in [3.05, 3.63) is 42.0 Å². The molecule has 0 N–H and O–H groups in total. The summed E-state index contributed by atoms with van der Waals surface area (Å²) in [6, 6.07) is 10.2. The average molecular weight is 301 g/mol. The molecule has 22 heavy (non-hydrogen) atoms. The second-order valence-electron chi connectivity index (χ2n) is 5.99. The van der Waals surface area contributed by atoms with E-state index in [0.29, 0.717) is 6.61 Å². The monoisotopic (exact) mass is 301 g/mol. The van der Waals surface area contributed by atoms with Gasteiger partial charge in [0.2, 0.25) is 0 Å². The molecule has 0 amide bonds. The van der Waals surface area contributed by atoms with Crippen LogP contribution in [0.3, 0.4) is 0 Å². The normalized spacial score (nSPS) is 22.8. The Bertz CT molecular complexity index is 497. The van der Waals surface area contributed by atoms with E-state index < -0.39 is 0 Å². The third-order valence-electron chi connectivity index (χ3n) is 4.43. The van der Waals surface area contributed by atoms with Crippen molar-refractivity contribution in [3.8, 4) is 0 Å². The maximum Gasteiger partial charge on any atom is 0.313 e. The van der Waals surface area contributed by atoms with Gasteiger partial charge in [0.15, 0.2) is 0 Å². The number of rotatable bonds is 6. The van der Waals surface area contributed by atoms with Crippen molar-refractivity contribution >= 4 is 12.0 Å². The molecular weight excluding hydrogens is 274 g/mol. The number of piperidine rings is 1. The molecule has 1 fully saturated rings. The maximum absolute atomic E-state index is 12.5. The van der Waals surface area contributed by atoms with E-state index in [2.05, 4.69) is 36.1 Å². The van der Waals surface area contributed by atoms with Crippen LogP contribution in [0.5, 0.6) is 0 Å². The van der Waals surface area contributed by atoms with Gasteiger partial charge in [0.1, 0.15) is 0 Å². The number of benzene rings is 1. The molecular formula is C19H27NO2. The third kappa shape index (κ3) is 4.20. The van der Waals surface area contributed by atoms with Gasteiger partial charge in [-0.25, -0.2) is 0 Å². The van der Waals surface area contributed by atoms with Gasteiger partial charge >= 0.3 is 5.97 Å². The fourth-order valence-corrected chi connectivity index (χ4v) is 3.18. The number of hydrogen-bond donors (Lipinski definition) is 0. The highest BCUT2D eigenvalue weighted by atomic mass is 16.5. The molecule has 0 spiro atoms. The fourth-order valence-electron chi connectivity index (χ4n) is 3.18. The Hall–Kier alpha value is -1.61. The van der Waals surface area contributed by atoms with Crippen LogP contribution in [0.1, 0.15) is 38.7 Å². The first-order chi connectivity index (χ1) is 10.7. The molecule has 1 unspecified atom stereocenters. The van der Waals surface area contributed by atoms with E-state index in [-0.39, 0.29) is 11.4 Å². The first kappa shape index (κ1) is 16.8. The van der Waals surface area contributed by atoms with Crippen LogP contribution in [-0.4, -0.2) is 37.1 Å². The highest BCUT2D eigenvalue weighted by Crippen LogP contribution is 2.35. The van der Waals surface area contributed by atoms with E-state index in [1.54, 1.807) is 0 Å². The molecule has 1 atom stereocenters. The van der Waals surface area contributed by atoms with Crippen molar-refractivity contribution in [3.63, 3.8) is 0 Å². The third-order valence-corrected chi connectivity index (χ3v) is 4.43. The van der Waals surface area contributed by atoms with Crippen LogP contribution in [0.4, 0.5) is 0 Å². The van der Waals surface area contributed by atoms with E-state index in [9.17, 15) is 4.79 Å². The van der Waals surface area contributed by atoms with Gasteiger partial charge in [-0.15, -0.1) is 0 Å². The summed E-state index contributed by atoms with van der Waals surface area (Å²) in [6.07, 6.45) is 6.96. The molecule has 1 heterocycles. The summed E-state index contributed by atoms with van der Waals surface area (Å²) < 4.78 is 5.38. The van der Waals surface area contributed by atoms with Gasteiger partial charge < -0.3 is 9.64 Å². The number of carbonyl (C=O) groups is 1. The van der Waals surface area contributed by atoms with Crippen molar-refractivity contribution in [1.82, 2.24) is 4.90 Å². The number of likely N-dealkylation sites (tertiary alicyclic amines) is 1. The number of ether oxygens (including phenoxy) is 1. The summed E-state index contributed by atoms with van der Waals surface area (Å²) in [5.41, 5.74) is 0.792. The van der Waals surface area contributed by atoms with Gasteiger partial charge in [0, 0.05) is 6.54 Å². The van der Waals surface area contributed by atoms with Crippen molar-refractivity contribution in [2.24, 2.45) is 5.41 Å². The van der Waals surface area contributed by atoms with Gasteiger partial charge in [0.25, 0.3) is 0 Å². The van der Waals surface area contributed by atoms with Crippen LogP contribution >= 0.6 is 0 Å². The molecule has 0 saturated carbocycles. The zero-order chi connectivity index (χ0) is 15.8. The number of hydrogen-bond acceptors (Lipinski definition) is 3. The van der Waals surface area contributed by atoms with Crippen LogP contribution in [0.15, 0.2) is 36.4 Å². The molecule has 1 aromatic rings. The Labute approximate surface area is 134 Å². The van der Waals surface area contributed by atoms with Crippen molar-refractivity contribution in [1.29, 1.82) is 0 Å². The second kappa shape index (κ2) is 8.14. The number of carbonyl (C=O) groups excluding carboxylic acids is 1. The van der Waals surface area contributed by atoms with Gasteiger partial charge in [0.05, 0.1) is 12.0 Å². The van der Waals surface area contributed by atoms with Crippen LogP contribution in [0.25, 0.3) is 6.08 Å². The minimum atomic E-state index is -0.379. The summed E-state index contributed by atoms with van der Waals surface area (Å²) in [7, 11) is 0. The average Bonchev–Trinajstić information content (AvgIpc) is 2.56. The Balaban J connectivity index is 2.10. The topological polar surface area (TPSA) is 29.5 Å². The lowest BCUT2D eigenvalue weighted by Crippen LogP contribution is -2.48. The van der Waals surface area contributed by atoms with Gasteiger partial charge in [-0.2, -0.15) is 0 Å². The Kier molecular flexibility index (Phi) is 6.20. The summed E-state index contributed by atoms with van der Waals surface area (Å²) in [5.74, 6) is -0.0362. The van der Waals surface area contributed by atoms with Gasteiger partial charge in [-0.05, 0) is 44.8 Å². The molecule has 1 aliphatic rings. The maximum atomic E-state index is 12.5. The van der Waals surface area contributed by atoms with Crippen molar-refractivity contribution in [2.45, 2.75) is 33.1 Å². The van der Waals surface area contributed by atoms with E-state index >= 15 is 0 Å². The quantitative estimate of drug-likeness (QED) is 0.749. The molecule has 120 valence electrons. The first-order valence-corrected chi connectivity index (χ1v) is 8.31. The van der Waals surface area contributed by atoms with Crippen LogP contribution < -0.4 is 0 Å². The molecule has 3 heteroatoms. The fraction of sp³-hybridized carbons (Fsp3) is 0.526. The molecule has 3 nitrogen and oxygen atoms in total. The SMILES string of the molecule is CCOC(=O)C1(CC=Cc2ccccc2)CCCN(CC)C1. The minimum Gasteiger partial charge on any atom is -0.466 e. The molecule has 1 saturated heterocycles. The zero-order valence-corrected chi connectivity index (χ0v) is 13.8. The van der Waals surface area contributed by atoms with Crippen molar-refractivity contribution < 1.29 is 9.53 Å². The molecule has 1 aromatic carbocycles. The summed E-state index contributed by atoms with van der Waals surface area (Å²) in [5, 5.41) is 0. The van der Waals surface area contributed by atoms with Gasteiger partial charge in [-0.3, -0.25) is 4.79 Å². The molecule has 0 aromatic heterocycles. The Morgan fingerprint density at radius 1 is 1.32 bits per heavy atom. The van der Waals surface area contributed by atoms with E-state index in [1.807, 2.05) is 25.1 Å². The lowest BCUT2D eigenvalue weighted by molar-refractivity contribution is -0.158. The highest BCUT2D eigenvalue weighted by Gasteiger charge is 2.42. The molecule has 0 bridgehead atoms. The predicted octanol–water partition coefficient (Wildman–Crippen LogP) is 3.76. The van der Waals surface area contributed by atoms with E-state index in [1.165, 1.54) is 5.56 Å². The molecule has 1 aliphatic heterocycles. The Morgan fingerprint density at radius 3 is 2.77 bits per heavy atom. The standard InChI is InChI=1S/C19H27NO2/c1-3-20-15-9-14-19(16-20,18(21)22-4-2)13-8-12-17-10-6-5-7-11-17/h5-8,10-12H,3-4,9,13-16H2,1-2H3. The van der Waals surface area contributed by atoms with Gasteiger partial charge in [-0.1, -0.05) is 49.4 Å². The summed E-state index contributed by atoms with van der Waals surface area (Å²) in [4.78, 5) is 14.9. The summed E-state index contributed by atoms with van der Waals surface area (Å²) in [6.45, 7) is 7.37. The predicted molar refractivity (Wildman–Crippen MR) is 90.5 cm³/mol. The second-order valence-corrected chi connectivity index (χ2v) is 5.99. The Morgan fingerprint density at radius 2 is 2.09 bits per heavy atom. The number of esters is 1. The van der Waals surface area contributed by atoms with E-state index in [0.717, 1.165) is 38.9 Å². The molecule has 0 radical (unpaired) electrons. The largest absolute Gasteiger partial charge is 0.466 e. The molecule has 0 aliphatic carbocycles. The van der Waals surface area contributed by atoms with Crippen LogP contribution in [0, 0.1) is 5.41 Å². The first-order valence-electron chi connectivity index (χ1n) is 8.31. The summed E-state index contributed by atoms with van der Waals surface area (Å²) >= 11 is 0.